The zero-order valence-electron chi connectivity index (χ0n) is 11.2. The Morgan fingerprint density at radius 2 is 2.55 bits per heavy atom. The van der Waals surface area contributed by atoms with Crippen molar-refractivity contribution in [3.05, 3.63) is 6.33 Å². The van der Waals surface area contributed by atoms with Crippen LogP contribution in [0.4, 0.5) is 0 Å². The van der Waals surface area contributed by atoms with Crippen molar-refractivity contribution in [2.24, 2.45) is 7.05 Å². The van der Waals surface area contributed by atoms with Crippen molar-refractivity contribution in [3.8, 4) is 0 Å². The van der Waals surface area contributed by atoms with Crippen molar-refractivity contribution in [1.29, 1.82) is 0 Å². The molecule has 0 bridgehead atoms. The molecule has 110 valence electrons. The van der Waals surface area contributed by atoms with Gasteiger partial charge in [0.15, 0.2) is 5.16 Å². The number of carbonyl (C=O) groups excluding carboxylic acids is 2. The molecule has 1 fully saturated rings. The van der Waals surface area contributed by atoms with Crippen molar-refractivity contribution < 1.29 is 9.59 Å². The smallest absolute Gasteiger partial charge is 0.243 e. The minimum atomic E-state index is -0.421. The summed E-state index contributed by atoms with van der Waals surface area (Å²) in [4.78, 5) is 23.3. The first-order valence-electron chi connectivity index (χ1n) is 6.28. The van der Waals surface area contributed by atoms with E-state index in [-0.39, 0.29) is 11.8 Å². The van der Waals surface area contributed by atoms with Gasteiger partial charge in [-0.3, -0.25) is 9.59 Å². The number of hydrogen-bond donors (Lipinski definition) is 2. The summed E-state index contributed by atoms with van der Waals surface area (Å²) in [6, 6.07) is -0.421. The van der Waals surface area contributed by atoms with Gasteiger partial charge in [0.25, 0.3) is 0 Å². The molecule has 2 amide bonds. The maximum atomic E-state index is 11.9. The molecule has 1 saturated heterocycles. The lowest BCUT2D eigenvalue weighted by atomic mass is 10.3. The van der Waals surface area contributed by atoms with Crippen LogP contribution in [0.2, 0.25) is 0 Å². The van der Waals surface area contributed by atoms with Gasteiger partial charge < -0.3 is 15.2 Å². The molecule has 1 aromatic heterocycles. The second-order valence-corrected chi connectivity index (χ2v) is 6.52. The topological polar surface area (TPSA) is 88.9 Å². The van der Waals surface area contributed by atoms with Gasteiger partial charge >= 0.3 is 0 Å². The highest BCUT2D eigenvalue weighted by molar-refractivity contribution is 7.99. The van der Waals surface area contributed by atoms with E-state index < -0.39 is 6.04 Å². The first-order valence-corrected chi connectivity index (χ1v) is 8.42. The molecule has 1 unspecified atom stereocenters. The summed E-state index contributed by atoms with van der Waals surface area (Å²) in [6.45, 7) is 0.535. The van der Waals surface area contributed by atoms with Gasteiger partial charge in [-0.1, -0.05) is 11.8 Å². The Morgan fingerprint density at radius 3 is 3.30 bits per heavy atom. The van der Waals surface area contributed by atoms with Crippen LogP contribution in [0.15, 0.2) is 11.5 Å². The Kier molecular flexibility index (Phi) is 5.72. The second kappa shape index (κ2) is 7.53. The molecule has 0 radical (unpaired) electrons. The Labute approximate surface area is 125 Å². The second-order valence-electron chi connectivity index (χ2n) is 4.31. The molecule has 0 spiro atoms. The number of nitrogens with one attached hydrogen (secondary N) is 2. The molecule has 2 N–H and O–H groups in total. The molecule has 20 heavy (non-hydrogen) atoms. The largest absolute Gasteiger partial charge is 0.353 e. The first kappa shape index (κ1) is 15.2. The number of aromatic nitrogens is 3. The summed E-state index contributed by atoms with van der Waals surface area (Å²) in [7, 11) is 1.87. The monoisotopic (exact) mass is 315 g/mol. The molecule has 0 aromatic carbocycles. The fraction of sp³-hybridized carbons (Fsp3) is 0.636. The van der Waals surface area contributed by atoms with E-state index in [0.717, 1.165) is 10.9 Å². The maximum Gasteiger partial charge on any atom is 0.243 e. The standard InChI is InChI=1S/C11H17N5O2S2/c1-16-7-13-15-11(16)20-5-3-12-10(18)8-6-19-4-2-9(17)14-8/h7-8H,2-6H2,1H3,(H,12,18)(H,14,17). The molecule has 9 heteroatoms. The number of amides is 2. The molecule has 0 saturated carbocycles. The van der Waals surface area contributed by atoms with E-state index in [1.165, 1.54) is 11.8 Å². The number of hydrogen-bond acceptors (Lipinski definition) is 6. The Hall–Kier alpha value is -1.22. The number of carbonyl (C=O) groups is 2. The highest BCUT2D eigenvalue weighted by atomic mass is 32.2. The van der Waals surface area contributed by atoms with Gasteiger partial charge in [0, 0.05) is 37.3 Å². The minimum absolute atomic E-state index is 0.0522. The Morgan fingerprint density at radius 1 is 1.70 bits per heavy atom. The SMILES string of the molecule is Cn1cnnc1SCCNC(=O)C1CSCCC(=O)N1. The average Bonchev–Trinajstić information content (AvgIpc) is 2.70. The van der Waals surface area contributed by atoms with Crippen molar-refractivity contribution >= 4 is 35.3 Å². The van der Waals surface area contributed by atoms with E-state index >= 15 is 0 Å². The van der Waals surface area contributed by atoms with Crippen molar-refractivity contribution in [1.82, 2.24) is 25.4 Å². The molecule has 2 rings (SSSR count). The van der Waals surface area contributed by atoms with Crippen LogP contribution in [-0.4, -0.2) is 56.4 Å². The lowest BCUT2D eigenvalue weighted by Crippen LogP contribution is -2.47. The molecule has 7 nitrogen and oxygen atoms in total. The van der Waals surface area contributed by atoms with Crippen molar-refractivity contribution in [2.75, 3.05) is 23.8 Å². The van der Waals surface area contributed by atoms with E-state index in [4.69, 9.17) is 0 Å². The lowest BCUT2D eigenvalue weighted by molar-refractivity contribution is -0.128. The van der Waals surface area contributed by atoms with Gasteiger partial charge in [-0.05, 0) is 0 Å². The van der Waals surface area contributed by atoms with Crippen LogP contribution in [0.3, 0.4) is 0 Å². The van der Waals surface area contributed by atoms with Crippen LogP contribution in [0.5, 0.6) is 0 Å². The van der Waals surface area contributed by atoms with Gasteiger partial charge in [-0.15, -0.1) is 10.2 Å². The predicted octanol–water partition coefficient (Wildman–Crippen LogP) is -0.355. The molecule has 2 heterocycles. The number of thioether (sulfide) groups is 2. The van der Waals surface area contributed by atoms with Crippen LogP contribution in [0, 0.1) is 0 Å². The minimum Gasteiger partial charge on any atom is -0.353 e. The molecule has 1 aliphatic heterocycles. The third-order valence-electron chi connectivity index (χ3n) is 2.71. The normalized spacial score (nSPS) is 19.2. The number of rotatable bonds is 5. The average molecular weight is 315 g/mol. The van der Waals surface area contributed by atoms with Crippen LogP contribution < -0.4 is 10.6 Å². The zero-order chi connectivity index (χ0) is 14.4. The molecule has 1 atom stereocenters. The predicted molar refractivity (Wildman–Crippen MR) is 78.6 cm³/mol. The maximum absolute atomic E-state index is 11.9. The van der Waals surface area contributed by atoms with Crippen molar-refractivity contribution in [3.63, 3.8) is 0 Å². The third kappa shape index (κ3) is 4.41. The summed E-state index contributed by atoms with van der Waals surface area (Å²) in [5.74, 6) is 1.95. The van der Waals surface area contributed by atoms with Gasteiger partial charge in [0.2, 0.25) is 11.8 Å². The van der Waals surface area contributed by atoms with Crippen LogP contribution in [-0.2, 0) is 16.6 Å². The van der Waals surface area contributed by atoms with Gasteiger partial charge in [0.1, 0.15) is 12.4 Å². The molecule has 1 aliphatic rings. The highest BCUT2D eigenvalue weighted by Gasteiger charge is 2.22. The number of aryl methyl sites for hydroxylation is 1. The summed E-state index contributed by atoms with van der Waals surface area (Å²) < 4.78 is 1.83. The molecule has 1 aromatic rings. The van der Waals surface area contributed by atoms with Gasteiger partial charge in [0.05, 0.1) is 0 Å². The Bertz CT molecular complexity index is 479. The van der Waals surface area contributed by atoms with E-state index in [2.05, 4.69) is 20.8 Å². The van der Waals surface area contributed by atoms with Crippen molar-refractivity contribution in [2.45, 2.75) is 17.6 Å². The van der Waals surface area contributed by atoms with Crippen LogP contribution >= 0.6 is 23.5 Å². The van der Waals surface area contributed by atoms with E-state index in [1.807, 2.05) is 11.6 Å². The Balaban J connectivity index is 1.69. The van der Waals surface area contributed by atoms with E-state index in [9.17, 15) is 9.59 Å². The molecular formula is C11H17N5O2S2. The fourth-order valence-electron chi connectivity index (χ4n) is 1.66. The molecular weight excluding hydrogens is 298 g/mol. The summed E-state index contributed by atoms with van der Waals surface area (Å²) >= 11 is 3.15. The van der Waals surface area contributed by atoms with Gasteiger partial charge in [-0.25, -0.2) is 0 Å². The van der Waals surface area contributed by atoms with Gasteiger partial charge in [-0.2, -0.15) is 11.8 Å². The first-order chi connectivity index (χ1) is 9.66. The van der Waals surface area contributed by atoms with Crippen LogP contribution in [0.1, 0.15) is 6.42 Å². The fourth-order valence-corrected chi connectivity index (χ4v) is 3.37. The lowest BCUT2D eigenvalue weighted by Gasteiger charge is -2.14. The van der Waals surface area contributed by atoms with E-state index in [0.29, 0.717) is 24.5 Å². The highest BCUT2D eigenvalue weighted by Crippen LogP contribution is 2.12. The summed E-state index contributed by atoms with van der Waals surface area (Å²) in [5.41, 5.74) is 0. The summed E-state index contributed by atoms with van der Waals surface area (Å²) in [5, 5.41) is 14.1. The van der Waals surface area contributed by atoms with E-state index in [1.54, 1.807) is 18.1 Å². The quantitative estimate of drug-likeness (QED) is 0.570. The summed E-state index contributed by atoms with van der Waals surface area (Å²) in [6.07, 6.45) is 2.12. The molecule has 0 aliphatic carbocycles. The number of nitrogens with zero attached hydrogens (tertiary/aromatic N) is 3. The zero-order valence-corrected chi connectivity index (χ0v) is 12.8. The van der Waals surface area contributed by atoms with Crippen LogP contribution in [0.25, 0.3) is 0 Å². The third-order valence-corrected chi connectivity index (χ3v) is 4.81.